The SMILES string of the molecule is CCC(CC(CC)(CC#N)N=CC(C=N)c1cnn2c(-c3cccc(NC(=O)NCC(F)(F)F)c3)cnc2c1)C(=O)N1CCOCC1. The predicted octanol–water partition coefficient (Wildman–Crippen LogP) is 5.22. The number of ether oxygens (including phenoxy) is 1. The maximum Gasteiger partial charge on any atom is 0.405 e. The zero-order valence-electron chi connectivity index (χ0n) is 26.3. The van der Waals surface area contributed by atoms with Gasteiger partial charge in [0, 0.05) is 42.7 Å². The number of alkyl halides is 3. The Labute approximate surface area is 270 Å². The molecule has 3 aromatic rings. The van der Waals surface area contributed by atoms with Gasteiger partial charge in [-0.25, -0.2) is 14.3 Å². The summed E-state index contributed by atoms with van der Waals surface area (Å²) in [5, 5.41) is 26.5. The number of fused-ring (bicyclic) bond motifs is 1. The van der Waals surface area contributed by atoms with Gasteiger partial charge in [0.05, 0.1) is 55.2 Å². The molecule has 3 atom stereocenters. The number of hydrogen-bond donors (Lipinski definition) is 3. The number of hydrogen-bond acceptors (Lipinski definition) is 8. The van der Waals surface area contributed by atoms with Crippen molar-refractivity contribution in [1.29, 1.82) is 10.7 Å². The molecule has 4 rings (SSSR count). The van der Waals surface area contributed by atoms with Crippen molar-refractivity contribution in [3.05, 3.63) is 48.3 Å². The lowest BCUT2D eigenvalue weighted by molar-refractivity contribution is -0.140. The summed E-state index contributed by atoms with van der Waals surface area (Å²) < 4.78 is 44.3. The number of aliphatic imine (C=N–C) groups is 1. The zero-order valence-corrected chi connectivity index (χ0v) is 26.3. The number of aromatic nitrogens is 3. The summed E-state index contributed by atoms with van der Waals surface area (Å²) in [6.07, 6.45) is 3.17. The molecule has 0 aliphatic carbocycles. The molecule has 15 heteroatoms. The Morgan fingerprint density at radius 1 is 1.21 bits per heavy atom. The van der Waals surface area contributed by atoms with Gasteiger partial charge in [-0.3, -0.25) is 9.79 Å². The fraction of sp³-hybridized carbons (Fsp3) is 0.469. The van der Waals surface area contributed by atoms with Gasteiger partial charge in [-0.15, -0.1) is 0 Å². The fourth-order valence-electron chi connectivity index (χ4n) is 5.43. The van der Waals surface area contributed by atoms with E-state index >= 15 is 0 Å². The predicted molar refractivity (Wildman–Crippen MR) is 171 cm³/mol. The summed E-state index contributed by atoms with van der Waals surface area (Å²) in [5.41, 5.74) is 1.77. The number of urea groups is 1. The van der Waals surface area contributed by atoms with Gasteiger partial charge in [-0.2, -0.15) is 23.5 Å². The fourth-order valence-corrected chi connectivity index (χ4v) is 5.43. The minimum Gasteiger partial charge on any atom is -0.378 e. The van der Waals surface area contributed by atoms with E-state index in [0.717, 1.165) is 0 Å². The Kier molecular flexibility index (Phi) is 11.7. The molecule has 1 fully saturated rings. The molecule has 3 amide bonds. The van der Waals surface area contributed by atoms with Crippen molar-refractivity contribution in [1.82, 2.24) is 24.8 Å². The average Bonchev–Trinajstić information content (AvgIpc) is 3.50. The number of anilines is 1. The molecule has 1 saturated heterocycles. The van der Waals surface area contributed by atoms with E-state index in [-0.39, 0.29) is 23.9 Å². The van der Waals surface area contributed by atoms with Gasteiger partial charge >= 0.3 is 12.2 Å². The van der Waals surface area contributed by atoms with Crippen LogP contribution in [0.25, 0.3) is 16.9 Å². The van der Waals surface area contributed by atoms with Crippen LogP contribution in [0.15, 0.2) is 47.7 Å². The molecule has 1 aromatic carbocycles. The van der Waals surface area contributed by atoms with Crippen molar-refractivity contribution < 1.29 is 27.5 Å². The number of carbonyl (C=O) groups excluding carboxylic acids is 2. The lowest BCUT2D eigenvalue weighted by atomic mass is 9.81. The van der Waals surface area contributed by atoms with E-state index in [1.807, 2.05) is 18.7 Å². The highest BCUT2D eigenvalue weighted by Gasteiger charge is 2.35. The number of morpholine rings is 1. The zero-order chi connectivity index (χ0) is 34.0. The van der Waals surface area contributed by atoms with Crippen LogP contribution in [0.1, 0.15) is 51.0 Å². The molecular weight excluding hydrogens is 615 g/mol. The van der Waals surface area contributed by atoms with Crippen molar-refractivity contribution in [2.75, 3.05) is 38.2 Å². The van der Waals surface area contributed by atoms with Crippen LogP contribution in [0.2, 0.25) is 0 Å². The molecule has 250 valence electrons. The Morgan fingerprint density at radius 3 is 2.64 bits per heavy atom. The summed E-state index contributed by atoms with van der Waals surface area (Å²) >= 11 is 0. The second kappa shape index (κ2) is 15.6. The summed E-state index contributed by atoms with van der Waals surface area (Å²) in [4.78, 5) is 36.4. The van der Waals surface area contributed by atoms with Crippen molar-refractivity contribution in [2.24, 2.45) is 10.9 Å². The monoisotopic (exact) mass is 653 g/mol. The number of halogens is 3. The summed E-state index contributed by atoms with van der Waals surface area (Å²) in [6.45, 7) is 4.55. The first-order chi connectivity index (χ1) is 22.5. The highest BCUT2D eigenvalue weighted by molar-refractivity contribution is 5.90. The third-order valence-corrected chi connectivity index (χ3v) is 8.18. The highest BCUT2D eigenvalue weighted by atomic mass is 19.4. The minimum atomic E-state index is -4.53. The van der Waals surface area contributed by atoms with Crippen LogP contribution in [0.3, 0.4) is 0 Å². The third-order valence-electron chi connectivity index (χ3n) is 8.18. The first-order valence-electron chi connectivity index (χ1n) is 15.4. The van der Waals surface area contributed by atoms with Gasteiger partial charge in [0.15, 0.2) is 5.65 Å². The lowest BCUT2D eigenvalue weighted by Crippen LogP contribution is -2.45. The molecule has 1 aliphatic rings. The minimum absolute atomic E-state index is 0.0427. The van der Waals surface area contributed by atoms with E-state index in [9.17, 15) is 28.0 Å². The molecule has 2 aromatic heterocycles. The van der Waals surface area contributed by atoms with Crippen LogP contribution in [0.5, 0.6) is 0 Å². The molecule has 0 spiro atoms. The molecule has 0 radical (unpaired) electrons. The first-order valence-corrected chi connectivity index (χ1v) is 15.4. The standard InChI is InChI=1S/C32H38F3N9O3/c1-3-22(29(45)43-10-12-47-13-11-43)16-31(4-2,8-9-36)40-18-25(17-37)24-15-28-38-20-27(44(28)41-19-24)23-6-5-7-26(14-23)42-30(46)39-21-32(33,34)35/h5-7,14-15,17-20,22,25,37H,3-4,8,10-13,16,21H2,1-2H3,(H2,39,42,46). The van der Waals surface area contributed by atoms with Crippen LogP contribution in [0, 0.1) is 22.7 Å². The molecule has 0 bridgehead atoms. The number of nitriles is 1. The van der Waals surface area contributed by atoms with E-state index in [1.54, 1.807) is 58.8 Å². The van der Waals surface area contributed by atoms with E-state index in [4.69, 9.17) is 15.1 Å². The third kappa shape index (κ3) is 9.13. The van der Waals surface area contributed by atoms with Crippen LogP contribution in [-0.4, -0.2) is 88.4 Å². The van der Waals surface area contributed by atoms with Crippen LogP contribution < -0.4 is 10.6 Å². The van der Waals surface area contributed by atoms with E-state index in [0.29, 0.717) is 68.0 Å². The second-order valence-corrected chi connectivity index (χ2v) is 11.3. The Hall–Kier alpha value is -4.84. The normalized spacial score (nSPS) is 16.3. The molecule has 3 unspecified atom stereocenters. The van der Waals surface area contributed by atoms with Crippen molar-refractivity contribution in [2.45, 2.75) is 57.2 Å². The van der Waals surface area contributed by atoms with Gasteiger partial charge in [0.25, 0.3) is 0 Å². The molecule has 12 nitrogen and oxygen atoms in total. The average molecular weight is 654 g/mol. The molecule has 1 aliphatic heterocycles. The number of carbonyl (C=O) groups is 2. The van der Waals surface area contributed by atoms with Gasteiger partial charge in [-0.05, 0) is 43.0 Å². The maximum absolute atomic E-state index is 13.3. The Balaban J connectivity index is 1.53. The number of benzene rings is 1. The van der Waals surface area contributed by atoms with Crippen LogP contribution in [0.4, 0.5) is 23.7 Å². The Morgan fingerprint density at radius 2 is 1.98 bits per heavy atom. The maximum atomic E-state index is 13.3. The van der Waals surface area contributed by atoms with Gasteiger partial charge in [0.1, 0.15) is 6.54 Å². The second-order valence-electron chi connectivity index (χ2n) is 11.3. The number of imidazole rings is 1. The van der Waals surface area contributed by atoms with Gasteiger partial charge < -0.3 is 25.7 Å². The molecular formula is C32H38F3N9O3. The van der Waals surface area contributed by atoms with Crippen LogP contribution >= 0.6 is 0 Å². The van der Waals surface area contributed by atoms with E-state index in [1.165, 1.54) is 6.21 Å². The highest BCUT2D eigenvalue weighted by Crippen LogP contribution is 2.32. The Bertz CT molecular complexity index is 1630. The van der Waals surface area contributed by atoms with Crippen LogP contribution in [-0.2, 0) is 9.53 Å². The van der Waals surface area contributed by atoms with Gasteiger partial charge in [0.2, 0.25) is 5.91 Å². The smallest absolute Gasteiger partial charge is 0.378 e. The summed E-state index contributed by atoms with van der Waals surface area (Å²) in [7, 11) is 0. The van der Waals surface area contributed by atoms with E-state index in [2.05, 4.69) is 21.5 Å². The number of rotatable bonds is 13. The van der Waals surface area contributed by atoms with Crippen molar-refractivity contribution in [3.63, 3.8) is 0 Å². The summed E-state index contributed by atoms with van der Waals surface area (Å²) in [5.74, 6) is -0.836. The first kappa shape index (κ1) is 35.0. The number of nitrogens with zero attached hydrogens (tertiary/aromatic N) is 6. The lowest BCUT2D eigenvalue weighted by Gasteiger charge is -2.34. The topological polar surface area (TPSA) is 161 Å². The van der Waals surface area contributed by atoms with Crippen molar-refractivity contribution in [3.8, 4) is 17.3 Å². The largest absolute Gasteiger partial charge is 0.405 e. The number of nitrogens with one attached hydrogen (secondary N) is 3. The molecule has 3 heterocycles. The van der Waals surface area contributed by atoms with Crippen molar-refractivity contribution >= 4 is 35.7 Å². The van der Waals surface area contributed by atoms with E-state index < -0.39 is 30.2 Å². The quantitative estimate of drug-likeness (QED) is 0.214. The summed E-state index contributed by atoms with van der Waals surface area (Å²) in [6, 6.07) is 9.54. The molecule has 47 heavy (non-hydrogen) atoms. The number of amides is 3. The van der Waals surface area contributed by atoms with Gasteiger partial charge in [-0.1, -0.05) is 26.0 Å². The molecule has 3 N–H and O–H groups in total. The molecule has 0 saturated carbocycles.